The van der Waals surface area contributed by atoms with Crippen molar-refractivity contribution in [1.29, 1.82) is 0 Å². The Labute approximate surface area is 137 Å². The fraction of sp³-hybridized carbons (Fsp3) is 0.0952. The standard InChI is InChI=1S/C21H19NO/c1-23-20-13-11-18(12-14-20)16-22-21-10-6-5-9-19(21)15-17-7-3-2-4-8-17/h2-14,16H,15H2,1H3. The Bertz CT molecular complexity index is 776. The average molecular weight is 301 g/mol. The molecule has 0 aliphatic heterocycles. The predicted octanol–water partition coefficient (Wildman–Crippen LogP) is 5.04. The largest absolute Gasteiger partial charge is 0.497 e. The van der Waals surface area contributed by atoms with Crippen LogP contribution in [0.3, 0.4) is 0 Å². The molecule has 3 aromatic rings. The van der Waals surface area contributed by atoms with Crippen LogP contribution >= 0.6 is 0 Å². The lowest BCUT2D eigenvalue weighted by Crippen LogP contribution is -1.89. The van der Waals surface area contributed by atoms with Crippen molar-refractivity contribution in [1.82, 2.24) is 0 Å². The maximum absolute atomic E-state index is 5.17. The molecule has 2 nitrogen and oxygen atoms in total. The van der Waals surface area contributed by atoms with Crippen LogP contribution < -0.4 is 4.74 Å². The zero-order chi connectivity index (χ0) is 15.9. The van der Waals surface area contributed by atoms with Crippen LogP contribution in [-0.2, 0) is 6.42 Å². The average Bonchev–Trinajstić information content (AvgIpc) is 2.62. The van der Waals surface area contributed by atoms with Gasteiger partial charge in [0.05, 0.1) is 12.8 Å². The zero-order valence-corrected chi connectivity index (χ0v) is 13.1. The number of para-hydroxylation sites is 1. The Hall–Kier alpha value is -2.87. The number of hydrogen-bond acceptors (Lipinski definition) is 2. The maximum Gasteiger partial charge on any atom is 0.118 e. The number of rotatable bonds is 5. The highest BCUT2D eigenvalue weighted by molar-refractivity contribution is 5.82. The third kappa shape index (κ3) is 4.07. The van der Waals surface area contributed by atoms with E-state index in [2.05, 4.69) is 47.5 Å². The first kappa shape index (κ1) is 15.0. The fourth-order valence-electron chi connectivity index (χ4n) is 2.44. The van der Waals surface area contributed by atoms with Crippen molar-refractivity contribution in [3.8, 4) is 5.75 Å². The number of nitrogens with zero attached hydrogens (tertiary/aromatic N) is 1. The number of aliphatic imine (C=N–C) groups is 1. The van der Waals surface area contributed by atoms with Crippen LogP contribution in [0.5, 0.6) is 5.75 Å². The molecule has 23 heavy (non-hydrogen) atoms. The summed E-state index contributed by atoms with van der Waals surface area (Å²) >= 11 is 0. The van der Waals surface area contributed by atoms with Gasteiger partial charge in [-0.1, -0.05) is 48.5 Å². The first-order chi connectivity index (χ1) is 11.3. The minimum Gasteiger partial charge on any atom is -0.497 e. The minimum absolute atomic E-state index is 0.853. The molecule has 0 amide bonds. The van der Waals surface area contributed by atoms with E-state index in [1.165, 1.54) is 11.1 Å². The highest BCUT2D eigenvalue weighted by atomic mass is 16.5. The fourth-order valence-corrected chi connectivity index (χ4v) is 2.44. The van der Waals surface area contributed by atoms with Crippen LogP contribution in [0, 0.1) is 0 Å². The van der Waals surface area contributed by atoms with Gasteiger partial charge in [-0.3, -0.25) is 4.99 Å². The van der Waals surface area contributed by atoms with Crippen molar-refractivity contribution in [2.45, 2.75) is 6.42 Å². The molecule has 0 atom stereocenters. The molecule has 0 bridgehead atoms. The second-order valence-corrected chi connectivity index (χ2v) is 5.32. The lowest BCUT2D eigenvalue weighted by molar-refractivity contribution is 0.415. The lowest BCUT2D eigenvalue weighted by Gasteiger charge is -2.06. The Kier molecular flexibility index (Phi) is 4.85. The summed E-state index contributed by atoms with van der Waals surface area (Å²) in [7, 11) is 1.67. The third-order valence-electron chi connectivity index (χ3n) is 3.70. The van der Waals surface area contributed by atoms with E-state index in [0.29, 0.717) is 0 Å². The van der Waals surface area contributed by atoms with Gasteiger partial charge in [0, 0.05) is 6.21 Å². The van der Waals surface area contributed by atoms with Crippen molar-refractivity contribution >= 4 is 11.9 Å². The molecule has 0 N–H and O–H groups in total. The Morgan fingerprint density at radius 1 is 0.826 bits per heavy atom. The second-order valence-electron chi connectivity index (χ2n) is 5.32. The van der Waals surface area contributed by atoms with Gasteiger partial charge in [0.25, 0.3) is 0 Å². The van der Waals surface area contributed by atoms with Crippen LogP contribution in [0.2, 0.25) is 0 Å². The first-order valence-corrected chi connectivity index (χ1v) is 7.65. The molecule has 0 saturated carbocycles. The smallest absolute Gasteiger partial charge is 0.118 e. The molecule has 3 aromatic carbocycles. The van der Waals surface area contributed by atoms with E-state index in [9.17, 15) is 0 Å². The molecular formula is C21H19NO. The molecule has 0 spiro atoms. The van der Waals surface area contributed by atoms with Crippen molar-refractivity contribution in [2.75, 3.05) is 7.11 Å². The molecule has 0 saturated heterocycles. The number of benzene rings is 3. The monoisotopic (exact) mass is 301 g/mol. The van der Waals surface area contributed by atoms with E-state index < -0.39 is 0 Å². The Morgan fingerprint density at radius 2 is 1.52 bits per heavy atom. The second kappa shape index (κ2) is 7.41. The topological polar surface area (TPSA) is 21.6 Å². The van der Waals surface area contributed by atoms with Gasteiger partial charge in [0.15, 0.2) is 0 Å². The molecule has 0 radical (unpaired) electrons. The number of methoxy groups -OCH3 is 1. The van der Waals surface area contributed by atoms with E-state index in [1.807, 2.05) is 42.6 Å². The van der Waals surface area contributed by atoms with E-state index in [4.69, 9.17) is 4.74 Å². The summed E-state index contributed by atoms with van der Waals surface area (Å²) in [6.45, 7) is 0. The minimum atomic E-state index is 0.853. The summed E-state index contributed by atoms with van der Waals surface area (Å²) in [6.07, 6.45) is 2.78. The van der Waals surface area contributed by atoms with Crippen molar-refractivity contribution in [2.24, 2.45) is 4.99 Å². The SMILES string of the molecule is COc1ccc(C=Nc2ccccc2Cc2ccccc2)cc1. The number of ether oxygens (including phenoxy) is 1. The van der Waals surface area contributed by atoms with Crippen molar-refractivity contribution < 1.29 is 4.74 Å². The molecule has 0 aliphatic carbocycles. The van der Waals surface area contributed by atoms with Gasteiger partial charge in [-0.25, -0.2) is 0 Å². The van der Waals surface area contributed by atoms with Crippen LogP contribution in [-0.4, -0.2) is 13.3 Å². The normalized spacial score (nSPS) is 10.8. The van der Waals surface area contributed by atoms with E-state index in [-0.39, 0.29) is 0 Å². The summed E-state index contributed by atoms with van der Waals surface area (Å²) in [5.41, 5.74) is 4.58. The molecule has 114 valence electrons. The van der Waals surface area contributed by atoms with E-state index in [1.54, 1.807) is 7.11 Å². The van der Waals surface area contributed by atoms with Gasteiger partial charge in [0.1, 0.15) is 5.75 Å². The van der Waals surface area contributed by atoms with Gasteiger partial charge >= 0.3 is 0 Å². The van der Waals surface area contributed by atoms with Crippen LogP contribution in [0.15, 0.2) is 83.9 Å². The molecule has 0 unspecified atom stereocenters. The summed E-state index contributed by atoms with van der Waals surface area (Å²) in [5.74, 6) is 0.853. The zero-order valence-electron chi connectivity index (χ0n) is 13.1. The summed E-state index contributed by atoms with van der Waals surface area (Å²) < 4.78 is 5.17. The summed E-state index contributed by atoms with van der Waals surface area (Å²) in [5, 5.41) is 0. The van der Waals surface area contributed by atoms with Gasteiger partial charge in [-0.05, 0) is 53.4 Å². The van der Waals surface area contributed by atoms with Gasteiger partial charge in [0.2, 0.25) is 0 Å². The Morgan fingerprint density at radius 3 is 2.26 bits per heavy atom. The molecule has 0 aliphatic rings. The first-order valence-electron chi connectivity index (χ1n) is 7.65. The van der Waals surface area contributed by atoms with Crippen molar-refractivity contribution in [3.05, 3.63) is 95.6 Å². The highest BCUT2D eigenvalue weighted by Gasteiger charge is 2.01. The van der Waals surface area contributed by atoms with Crippen LogP contribution in [0.25, 0.3) is 0 Å². The molecule has 0 aromatic heterocycles. The molecule has 2 heteroatoms. The van der Waals surface area contributed by atoms with E-state index in [0.717, 1.165) is 23.4 Å². The molecule has 0 fully saturated rings. The quantitative estimate of drug-likeness (QED) is 0.605. The van der Waals surface area contributed by atoms with Crippen LogP contribution in [0.4, 0.5) is 5.69 Å². The van der Waals surface area contributed by atoms with Gasteiger partial charge in [-0.2, -0.15) is 0 Å². The summed E-state index contributed by atoms with van der Waals surface area (Å²) in [6, 6.07) is 26.6. The predicted molar refractivity (Wildman–Crippen MR) is 95.9 cm³/mol. The summed E-state index contributed by atoms with van der Waals surface area (Å²) in [4.78, 5) is 4.66. The van der Waals surface area contributed by atoms with Crippen molar-refractivity contribution in [3.63, 3.8) is 0 Å². The molecule has 3 rings (SSSR count). The van der Waals surface area contributed by atoms with Crippen LogP contribution in [0.1, 0.15) is 16.7 Å². The highest BCUT2D eigenvalue weighted by Crippen LogP contribution is 2.22. The number of hydrogen-bond donors (Lipinski definition) is 0. The maximum atomic E-state index is 5.17. The molecule has 0 heterocycles. The Balaban J connectivity index is 1.80. The van der Waals surface area contributed by atoms with Gasteiger partial charge < -0.3 is 4.74 Å². The lowest BCUT2D eigenvalue weighted by atomic mass is 10.0. The van der Waals surface area contributed by atoms with Gasteiger partial charge in [-0.15, -0.1) is 0 Å². The van der Waals surface area contributed by atoms with E-state index >= 15 is 0 Å². The third-order valence-corrected chi connectivity index (χ3v) is 3.70. The molecular weight excluding hydrogens is 282 g/mol.